The molecule has 2 N–H and O–H groups in total. The Morgan fingerprint density at radius 2 is 1.63 bits per heavy atom. The second kappa shape index (κ2) is 6.53. The minimum absolute atomic E-state index is 0.0731. The summed E-state index contributed by atoms with van der Waals surface area (Å²) in [5, 5.41) is 0. The van der Waals surface area contributed by atoms with Crippen LogP contribution in [-0.2, 0) is 0 Å². The molecule has 0 spiro atoms. The van der Waals surface area contributed by atoms with Crippen LogP contribution in [-0.4, -0.2) is 0 Å². The summed E-state index contributed by atoms with van der Waals surface area (Å²) < 4.78 is 0. The molecular formula is C18H22N. The Kier molecular flexibility index (Phi) is 4.75. The first kappa shape index (κ1) is 13.8. The third-order valence-electron chi connectivity index (χ3n) is 3.41. The second-order valence-electron chi connectivity index (χ2n) is 5.28. The summed E-state index contributed by atoms with van der Waals surface area (Å²) in [6, 6.07) is 19.0. The van der Waals surface area contributed by atoms with Crippen molar-refractivity contribution >= 4 is 0 Å². The van der Waals surface area contributed by atoms with E-state index in [1.165, 1.54) is 16.7 Å². The van der Waals surface area contributed by atoms with Gasteiger partial charge in [-0.2, -0.15) is 0 Å². The summed E-state index contributed by atoms with van der Waals surface area (Å²) in [6.07, 6.45) is 3.09. The van der Waals surface area contributed by atoms with E-state index in [0.29, 0.717) is 5.92 Å². The molecule has 2 aromatic carbocycles. The van der Waals surface area contributed by atoms with Crippen molar-refractivity contribution in [2.45, 2.75) is 32.2 Å². The zero-order valence-corrected chi connectivity index (χ0v) is 11.7. The van der Waals surface area contributed by atoms with Gasteiger partial charge in [0.25, 0.3) is 0 Å². The van der Waals surface area contributed by atoms with Crippen LogP contribution >= 0.6 is 0 Å². The van der Waals surface area contributed by atoms with E-state index in [1.54, 1.807) is 0 Å². The highest BCUT2D eigenvalue weighted by atomic mass is 14.6. The lowest BCUT2D eigenvalue weighted by Gasteiger charge is -2.12. The van der Waals surface area contributed by atoms with E-state index in [0.717, 1.165) is 6.42 Å². The van der Waals surface area contributed by atoms with Gasteiger partial charge in [-0.15, -0.1) is 0 Å². The highest BCUT2D eigenvalue weighted by Crippen LogP contribution is 2.21. The standard InChI is InChI=1S/C18H22N/c1-14(2)17-10-6-7-15(13-17)11-12-18(19)16-8-4-3-5-9-16/h3-11,13-14,18H,12,19H2,1-2H3. The first-order valence-corrected chi connectivity index (χ1v) is 6.90. The van der Waals surface area contributed by atoms with Crippen molar-refractivity contribution in [1.82, 2.24) is 0 Å². The Hall–Kier alpha value is -1.60. The van der Waals surface area contributed by atoms with Crippen molar-refractivity contribution in [3.63, 3.8) is 0 Å². The molecule has 0 bridgehead atoms. The van der Waals surface area contributed by atoms with Gasteiger partial charge in [-0.05, 0) is 35.4 Å². The first-order valence-electron chi connectivity index (χ1n) is 6.90. The Bertz CT molecular complexity index is 502. The molecule has 0 fully saturated rings. The fraction of sp³-hybridized carbons (Fsp3) is 0.278. The van der Waals surface area contributed by atoms with Gasteiger partial charge < -0.3 is 5.73 Å². The summed E-state index contributed by atoms with van der Waals surface area (Å²) in [5.41, 5.74) is 10.0. The van der Waals surface area contributed by atoms with Crippen molar-refractivity contribution in [2.75, 3.05) is 0 Å². The fourth-order valence-electron chi connectivity index (χ4n) is 2.14. The molecular weight excluding hydrogens is 230 g/mol. The van der Waals surface area contributed by atoms with E-state index in [1.807, 2.05) is 18.2 Å². The molecule has 1 nitrogen and oxygen atoms in total. The van der Waals surface area contributed by atoms with Gasteiger partial charge in [0.1, 0.15) is 0 Å². The smallest absolute Gasteiger partial charge is 0.0300 e. The maximum atomic E-state index is 6.21. The highest BCUT2D eigenvalue weighted by molar-refractivity contribution is 5.31. The molecule has 1 heteroatoms. The van der Waals surface area contributed by atoms with Crippen LogP contribution in [0, 0.1) is 6.42 Å². The molecule has 1 atom stereocenters. The van der Waals surface area contributed by atoms with Gasteiger partial charge in [-0.1, -0.05) is 68.4 Å². The predicted octanol–water partition coefficient (Wildman–Crippen LogP) is 4.45. The summed E-state index contributed by atoms with van der Waals surface area (Å²) in [7, 11) is 0. The molecule has 2 rings (SSSR count). The number of benzene rings is 2. The molecule has 0 heterocycles. The summed E-state index contributed by atoms with van der Waals surface area (Å²) in [5.74, 6) is 0.566. The fourth-order valence-corrected chi connectivity index (χ4v) is 2.14. The third kappa shape index (κ3) is 3.93. The molecule has 0 aromatic heterocycles. The molecule has 19 heavy (non-hydrogen) atoms. The van der Waals surface area contributed by atoms with Gasteiger partial charge in [0, 0.05) is 6.04 Å². The Morgan fingerprint density at radius 1 is 0.947 bits per heavy atom. The second-order valence-corrected chi connectivity index (χ2v) is 5.28. The first-order chi connectivity index (χ1) is 9.16. The molecule has 0 aliphatic heterocycles. The monoisotopic (exact) mass is 252 g/mol. The van der Waals surface area contributed by atoms with Gasteiger partial charge in [-0.25, -0.2) is 0 Å². The van der Waals surface area contributed by atoms with Gasteiger partial charge in [0.15, 0.2) is 0 Å². The molecule has 0 amide bonds. The maximum Gasteiger partial charge on any atom is 0.0300 e. The number of nitrogens with two attached hydrogens (primary N) is 1. The molecule has 2 aromatic rings. The number of hydrogen-bond donors (Lipinski definition) is 1. The lowest BCUT2D eigenvalue weighted by molar-refractivity contribution is 0.717. The van der Waals surface area contributed by atoms with Crippen molar-refractivity contribution in [2.24, 2.45) is 5.73 Å². The van der Waals surface area contributed by atoms with Crippen LogP contribution in [0.3, 0.4) is 0 Å². The van der Waals surface area contributed by atoms with Crippen LogP contribution in [0.15, 0.2) is 54.6 Å². The van der Waals surface area contributed by atoms with Crippen molar-refractivity contribution in [1.29, 1.82) is 0 Å². The van der Waals surface area contributed by atoms with Crippen LogP contribution in [0.25, 0.3) is 0 Å². The van der Waals surface area contributed by atoms with Gasteiger partial charge in [0.05, 0.1) is 0 Å². The number of rotatable bonds is 5. The van der Waals surface area contributed by atoms with E-state index >= 15 is 0 Å². The van der Waals surface area contributed by atoms with E-state index in [4.69, 9.17) is 5.73 Å². The molecule has 0 saturated carbocycles. The minimum Gasteiger partial charge on any atom is -0.324 e. The van der Waals surface area contributed by atoms with Gasteiger partial charge >= 0.3 is 0 Å². The molecule has 0 saturated heterocycles. The molecule has 0 aliphatic carbocycles. The van der Waals surface area contributed by atoms with E-state index in [9.17, 15) is 0 Å². The van der Waals surface area contributed by atoms with Gasteiger partial charge in [0.2, 0.25) is 0 Å². The van der Waals surface area contributed by atoms with Crippen molar-refractivity contribution in [3.8, 4) is 0 Å². The van der Waals surface area contributed by atoms with E-state index in [2.05, 4.69) is 56.7 Å². The Morgan fingerprint density at radius 3 is 2.32 bits per heavy atom. The van der Waals surface area contributed by atoms with E-state index < -0.39 is 0 Å². The van der Waals surface area contributed by atoms with Crippen LogP contribution in [0.4, 0.5) is 0 Å². The summed E-state index contributed by atoms with van der Waals surface area (Å²) in [4.78, 5) is 0. The lowest BCUT2D eigenvalue weighted by atomic mass is 9.96. The van der Waals surface area contributed by atoms with Crippen LogP contribution in [0.5, 0.6) is 0 Å². The van der Waals surface area contributed by atoms with Crippen molar-refractivity contribution < 1.29 is 0 Å². The summed E-state index contributed by atoms with van der Waals surface area (Å²) in [6.45, 7) is 4.43. The SMILES string of the molecule is CC(C)c1cccc([CH]CC(N)c2ccccc2)c1. The van der Waals surface area contributed by atoms with Crippen LogP contribution in [0.1, 0.15) is 48.9 Å². The number of hydrogen-bond acceptors (Lipinski definition) is 1. The highest BCUT2D eigenvalue weighted by Gasteiger charge is 2.06. The topological polar surface area (TPSA) is 26.0 Å². The minimum atomic E-state index is 0.0731. The summed E-state index contributed by atoms with van der Waals surface area (Å²) >= 11 is 0. The third-order valence-corrected chi connectivity index (χ3v) is 3.41. The van der Waals surface area contributed by atoms with E-state index in [-0.39, 0.29) is 6.04 Å². The van der Waals surface area contributed by atoms with Gasteiger partial charge in [-0.3, -0.25) is 0 Å². The lowest BCUT2D eigenvalue weighted by Crippen LogP contribution is -2.10. The quantitative estimate of drug-likeness (QED) is 0.835. The maximum absolute atomic E-state index is 6.21. The zero-order chi connectivity index (χ0) is 13.7. The zero-order valence-electron chi connectivity index (χ0n) is 11.7. The predicted molar refractivity (Wildman–Crippen MR) is 81.9 cm³/mol. The average molecular weight is 252 g/mol. The normalized spacial score (nSPS) is 12.6. The molecule has 99 valence electrons. The largest absolute Gasteiger partial charge is 0.324 e. The molecule has 1 radical (unpaired) electrons. The Balaban J connectivity index is 1.97. The average Bonchev–Trinajstić information content (AvgIpc) is 2.46. The van der Waals surface area contributed by atoms with Crippen LogP contribution < -0.4 is 5.73 Å². The van der Waals surface area contributed by atoms with Crippen LogP contribution in [0.2, 0.25) is 0 Å². The molecule has 0 aliphatic rings. The van der Waals surface area contributed by atoms with Crippen molar-refractivity contribution in [3.05, 3.63) is 77.7 Å². The Labute approximate surface area is 116 Å². The molecule has 1 unspecified atom stereocenters.